The van der Waals surface area contributed by atoms with Crippen LogP contribution in [0.5, 0.6) is 5.75 Å². The number of aryl methyl sites for hydroxylation is 2. The summed E-state index contributed by atoms with van der Waals surface area (Å²) in [6.07, 6.45) is 0.975. The van der Waals surface area contributed by atoms with Gasteiger partial charge in [-0.3, -0.25) is 9.59 Å². The molecule has 4 aromatic rings. The lowest BCUT2D eigenvalue weighted by Gasteiger charge is -2.23. The van der Waals surface area contributed by atoms with Crippen LogP contribution in [0, 0.1) is 13.8 Å². The molecular weight excluding hydrogens is 514 g/mol. The quantitative estimate of drug-likeness (QED) is 0.355. The molecule has 0 aliphatic carbocycles. The summed E-state index contributed by atoms with van der Waals surface area (Å²) in [5.41, 5.74) is 7.10. The van der Waals surface area contributed by atoms with Gasteiger partial charge < -0.3 is 28.6 Å². The van der Waals surface area contributed by atoms with Crippen LogP contribution in [0.15, 0.2) is 66.7 Å². The van der Waals surface area contributed by atoms with Crippen molar-refractivity contribution >= 4 is 17.5 Å². The monoisotopic (exact) mass is 551 g/mol. The summed E-state index contributed by atoms with van der Waals surface area (Å²) >= 11 is 0. The lowest BCUT2D eigenvalue weighted by molar-refractivity contribution is 0.0772. The highest BCUT2D eigenvalue weighted by molar-refractivity contribution is 6.07. The second-order valence-electron chi connectivity index (χ2n) is 11.3. The highest BCUT2D eigenvalue weighted by atomic mass is 16.5. The van der Waals surface area contributed by atoms with Crippen LogP contribution >= 0.6 is 0 Å². The van der Waals surface area contributed by atoms with Gasteiger partial charge in [0.05, 0.1) is 25.9 Å². The average Bonchev–Trinajstić information content (AvgIpc) is 3.68. The van der Waals surface area contributed by atoms with E-state index in [-0.39, 0.29) is 11.8 Å². The Morgan fingerprint density at radius 1 is 0.878 bits per heavy atom. The van der Waals surface area contributed by atoms with Gasteiger partial charge in [0.15, 0.2) is 0 Å². The SMILES string of the molecule is COc1cc(C(=O)N2Cc3ccc(C(=O)N4CC[C@@H](N(C)C)C4)n3Cc3ccccc32)ccc1-n1c(C)ccc1C. The minimum atomic E-state index is -0.112. The Bertz CT molecular complexity index is 1610. The molecule has 0 spiro atoms. The molecule has 2 amide bonds. The third-order valence-electron chi connectivity index (χ3n) is 8.59. The van der Waals surface area contributed by atoms with E-state index in [1.54, 1.807) is 7.11 Å². The summed E-state index contributed by atoms with van der Waals surface area (Å²) in [4.78, 5) is 33.8. The van der Waals surface area contributed by atoms with Crippen molar-refractivity contribution in [3.05, 3.63) is 101 Å². The zero-order valence-corrected chi connectivity index (χ0v) is 24.4. The molecule has 0 N–H and O–H groups in total. The molecule has 212 valence electrons. The molecule has 1 saturated heterocycles. The molecule has 4 heterocycles. The molecule has 0 saturated carbocycles. The van der Waals surface area contributed by atoms with E-state index in [0.29, 0.717) is 36.1 Å². The number of ether oxygens (including phenoxy) is 1. The normalized spacial score (nSPS) is 16.5. The van der Waals surface area contributed by atoms with Gasteiger partial charge in [-0.05, 0) is 88.5 Å². The van der Waals surface area contributed by atoms with Gasteiger partial charge in [0.2, 0.25) is 0 Å². The van der Waals surface area contributed by atoms with Crippen LogP contribution in [-0.4, -0.2) is 71.1 Å². The number of amides is 2. The molecule has 2 aromatic carbocycles. The van der Waals surface area contributed by atoms with E-state index in [1.807, 2.05) is 64.4 Å². The van der Waals surface area contributed by atoms with E-state index < -0.39 is 0 Å². The van der Waals surface area contributed by atoms with Gasteiger partial charge in [-0.2, -0.15) is 0 Å². The average molecular weight is 552 g/mol. The minimum Gasteiger partial charge on any atom is -0.495 e. The predicted molar refractivity (Wildman–Crippen MR) is 160 cm³/mol. The van der Waals surface area contributed by atoms with E-state index >= 15 is 0 Å². The molecule has 2 aromatic heterocycles. The fourth-order valence-corrected chi connectivity index (χ4v) is 6.24. The molecule has 2 aliphatic rings. The van der Waals surface area contributed by atoms with Crippen molar-refractivity contribution in [2.75, 3.05) is 39.2 Å². The first-order valence-corrected chi connectivity index (χ1v) is 14.1. The first-order chi connectivity index (χ1) is 19.8. The van der Waals surface area contributed by atoms with E-state index in [4.69, 9.17) is 4.74 Å². The molecule has 8 heteroatoms. The highest BCUT2D eigenvalue weighted by Gasteiger charge is 2.32. The van der Waals surface area contributed by atoms with Crippen molar-refractivity contribution in [2.24, 2.45) is 0 Å². The number of likely N-dealkylation sites (N-methyl/N-ethyl adjacent to an activating group) is 1. The van der Waals surface area contributed by atoms with Crippen LogP contribution in [0.3, 0.4) is 0 Å². The molecular formula is C33H37N5O3. The number of fused-ring (bicyclic) bond motifs is 2. The Labute approximate surface area is 241 Å². The Morgan fingerprint density at radius 3 is 2.34 bits per heavy atom. The Morgan fingerprint density at radius 2 is 1.63 bits per heavy atom. The number of nitrogens with zero attached hydrogens (tertiary/aromatic N) is 5. The Kier molecular flexibility index (Phi) is 6.95. The van der Waals surface area contributed by atoms with Gasteiger partial charge >= 0.3 is 0 Å². The largest absolute Gasteiger partial charge is 0.495 e. The third-order valence-corrected chi connectivity index (χ3v) is 8.59. The van der Waals surface area contributed by atoms with Crippen LogP contribution in [0.1, 0.15) is 49.9 Å². The molecule has 0 unspecified atom stereocenters. The van der Waals surface area contributed by atoms with Crippen LogP contribution in [0.25, 0.3) is 5.69 Å². The van der Waals surface area contributed by atoms with Crippen molar-refractivity contribution in [1.82, 2.24) is 18.9 Å². The van der Waals surface area contributed by atoms with Crippen LogP contribution in [0.2, 0.25) is 0 Å². The predicted octanol–water partition coefficient (Wildman–Crippen LogP) is 4.89. The van der Waals surface area contributed by atoms with E-state index in [1.165, 1.54) is 0 Å². The summed E-state index contributed by atoms with van der Waals surface area (Å²) in [7, 11) is 5.77. The number of hydrogen-bond acceptors (Lipinski definition) is 4. The van der Waals surface area contributed by atoms with Crippen molar-refractivity contribution in [2.45, 2.75) is 39.4 Å². The summed E-state index contributed by atoms with van der Waals surface area (Å²) in [5, 5.41) is 0. The van der Waals surface area contributed by atoms with E-state index in [0.717, 1.165) is 53.5 Å². The fourth-order valence-electron chi connectivity index (χ4n) is 6.24. The van der Waals surface area contributed by atoms with Gasteiger partial charge in [0.1, 0.15) is 11.4 Å². The number of benzene rings is 2. The molecule has 1 fully saturated rings. The number of carbonyl (C=O) groups is 2. The van der Waals surface area contributed by atoms with Crippen molar-refractivity contribution in [1.29, 1.82) is 0 Å². The Balaban J connectivity index is 1.34. The maximum absolute atomic E-state index is 14.1. The first kappa shape index (κ1) is 26.9. The maximum Gasteiger partial charge on any atom is 0.270 e. The van der Waals surface area contributed by atoms with Gasteiger partial charge in [-0.25, -0.2) is 0 Å². The number of aromatic nitrogens is 2. The van der Waals surface area contributed by atoms with Crippen LogP contribution < -0.4 is 9.64 Å². The highest BCUT2D eigenvalue weighted by Crippen LogP contribution is 2.33. The number of carbonyl (C=O) groups excluding carboxylic acids is 2. The lowest BCUT2D eigenvalue weighted by Crippen LogP contribution is -2.35. The topological polar surface area (TPSA) is 63.0 Å². The molecule has 0 bridgehead atoms. The number of rotatable bonds is 5. The summed E-state index contributed by atoms with van der Waals surface area (Å²) < 4.78 is 9.98. The van der Waals surface area contributed by atoms with Gasteiger partial charge in [-0.15, -0.1) is 0 Å². The molecule has 1 atom stereocenters. The summed E-state index contributed by atoms with van der Waals surface area (Å²) in [6.45, 7) is 6.49. The standard InChI is InChI=1S/C33H37N5O3/c1-22-10-11-23(2)38(22)29-14-12-24(18-31(29)41-5)32(39)37-21-27-13-15-30(33(40)35-17-16-26(20-35)34(3)4)36(27)19-25-8-6-7-9-28(25)37/h6-15,18,26H,16-17,19-21H2,1-5H3/t26-/m1/s1. The first-order valence-electron chi connectivity index (χ1n) is 14.1. The molecule has 0 radical (unpaired) electrons. The number of hydrogen-bond donors (Lipinski definition) is 0. The van der Waals surface area contributed by atoms with Crippen molar-refractivity contribution < 1.29 is 14.3 Å². The van der Waals surface area contributed by atoms with Crippen LogP contribution in [-0.2, 0) is 13.1 Å². The Hall–Kier alpha value is -4.30. The van der Waals surface area contributed by atoms with E-state index in [2.05, 4.69) is 54.1 Å². The van der Waals surface area contributed by atoms with Crippen molar-refractivity contribution in [3.63, 3.8) is 0 Å². The molecule has 8 nitrogen and oxygen atoms in total. The summed E-state index contributed by atoms with van der Waals surface area (Å²) in [5.74, 6) is 0.576. The molecule has 2 aliphatic heterocycles. The zero-order valence-electron chi connectivity index (χ0n) is 24.4. The maximum atomic E-state index is 14.1. The second kappa shape index (κ2) is 10.6. The number of likely N-dealkylation sites (tertiary alicyclic amines) is 1. The van der Waals surface area contributed by atoms with Gasteiger partial charge in [0, 0.05) is 47.5 Å². The molecule has 6 rings (SSSR count). The van der Waals surface area contributed by atoms with E-state index in [9.17, 15) is 9.59 Å². The lowest BCUT2D eigenvalue weighted by atomic mass is 10.1. The third kappa shape index (κ3) is 4.72. The van der Waals surface area contributed by atoms with Crippen molar-refractivity contribution in [3.8, 4) is 11.4 Å². The number of anilines is 1. The number of para-hydroxylation sites is 1. The number of methoxy groups -OCH3 is 1. The summed E-state index contributed by atoms with van der Waals surface area (Å²) in [6, 6.07) is 22.0. The fraction of sp³-hybridized carbons (Fsp3) is 0.333. The molecule has 41 heavy (non-hydrogen) atoms. The smallest absolute Gasteiger partial charge is 0.270 e. The van der Waals surface area contributed by atoms with Gasteiger partial charge in [-0.1, -0.05) is 18.2 Å². The minimum absolute atomic E-state index is 0.0498. The second-order valence-corrected chi connectivity index (χ2v) is 11.3. The van der Waals surface area contributed by atoms with Gasteiger partial charge in [0.25, 0.3) is 11.8 Å². The van der Waals surface area contributed by atoms with Crippen LogP contribution in [0.4, 0.5) is 5.69 Å². The zero-order chi connectivity index (χ0) is 28.8.